The molecule has 1 aromatic heterocycles. The molecule has 0 spiro atoms. The summed E-state index contributed by atoms with van der Waals surface area (Å²) in [5.74, 6) is -0.293. The zero-order valence-electron chi connectivity index (χ0n) is 10.4. The molecule has 1 unspecified atom stereocenters. The van der Waals surface area contributed by atoms with Crippen molar-refractivity contribution in [3.05, 3.63) is 30.1 Å². The Morgan fingerprint density at radius 3 is 3.00 bits per heavy atom. The smallest absolute Gasteiger partial charge is 0.334 e. The van der Waals surface area contributed by atoms with Crippen molar-refractivity contribution in [3.63, 3.8) is 0 Å². The summed E-state index contributed by atoms with van der Waals surface area (Å²) in [6, 6.07) is 3.91. The van der Waals surface area contributed by atoms with Crippen LogP contribution in [0.4, 0.5) is 0 Å². The van der Waals surface area contributed by atoms with Crippen LogP contribution in [0.15, 0.2) is 24.5 Å². The second kappa shape index (κ2) is 7.79. The van der Waals surface area contributed by atoms with E-state index < -0.39 is 6.10 Å². The van der Waals surface area contributed by atoms with Gasteiger partial charge < -0.3 is 9.47 Å². The Labute approximate surface area is 102 Å². The van der Waals surface area contributed by atoms with Crippen molar-refractivity contribution in [1.29, 1.82) is 0 Å². The average molecular weight is 237 g/mol. The molecule has 1 aromatic rings. The number of hydrogen-bond acceptors (Lipinski definition) is 4. The van der Waals surface area contributed by atoms with E-state index in [4.69, 9.17) is 9.47 Å². The molecule has 1 heterocycles. The molecule has 1 rings (SSSR count). The summed E-state index contributed by atoms with van der Waals surface area (Å²) < 4.78 is 10.2. The minimum atomic E-state index is -0.474. The first kappa shape index (κ1) is 13.6. The van der Waals surface area contributed by atoms with Crippen molar-refractivity contribution < 1.29 is 14.3 Å². The third-order valence-electron chi connectivity index (χ3n) is 2.33. The molecule has 0 radical (unpaired) electrons. The lowest BCUT2D eigenvalue weighted by Crippen LogP contribution is -2.23. The molecule has 0 N–H and O–H groups in total. The number of pyridine rings is 1. The number of carbonyl (C=O) groups excluding carboxylic acids is 1. The molecule has 17 heavy (non-hydrogen) atoms. The highest BCUT2D eigenvalue weighted by atomic mass is 16.6. The summed E-state index contributed by atoms with van der Waals surface area (Å²) in [6.45, 7) is 4.50. The normalized spacial score (nSPS) is 12.1. The van der Waals surface area contributed by atoms with E-state index in [1.807, 2.05) is 25.3 Å². The lowest BCUT2D eigenvalue weighted by Gasteiger charge is -2.11. The maximum absolute atomic E-state index is 11.4. The summed E-state index contributed by atoms with van der Waals surface area (Å²) in [6.07, 6.45) is 4.76. The van der Waals surface area contributed by atoms with Gasteiger partial charge in [0.2, 0.25) is 0 Å². The maximum Gasteiger partial charge on any atom is 0.334 e. The molecular formula is C13H19NO3. The fraction of sp³-hybridized carbons (Fsp3) is 0.538. The van der Waals surface area contributed by atoms with Crippen molar-refractivity contribution in [3.8, 4) is 0 Å². The number of ether oxygens (including phenoxy) is 2. The molecule has 0 amide bonds. The summed E-state index contributed by atoms with van der Waals surface area (Å²) in [7, 11) is 0. The van der Waals surface area contributed by atoms with Crippen LogP contribution in [0, 0.1) is 0 Å². The first-order valence-corrected chi connectivity index (χ1v) is 5.91. The Balaban J connectivity index is 2.14. The number of esters is 1. The fourth-order valence-electron chi connectivity index (χ4n) is 1.43. The summed E-state index contributed by atoms with van der Waals surface area (Å²) in [4.78, 5) is 15.4. The Hall–Kier alpha value is -1.42. The van der Waals surface area contributed by atoms with E-state index in [2.05, 4.69) is 4.98 Å². The second-order valence-corrected chi connectivity index (χ2v) is 3.73. The lowest BCUT2D eigenvalue weighted by molar-refractivity contribution is -0.155. The van der Waals surface area contributed by atoms with Crippen LogP contribution < -0.4 is 0 Å². The molecule has 94 valence electrons. The standard InChI is InChI=1S/C13H19NO3/c1-3-16-11(2)13(15)17-9-5-7-12-6-4-8-14-10-12/h4,6,8,10-11H,3,5,7,9H2,1-2H3. The third kappa shape index (κ3) is 5.45. The molecule has 4 nitrogen and oxygen atoms in total. The highest BCUT2D eigenvalue weighted by molar-refractivity contribution is 5.74. The van der Waals surface area contributed by atoms with Crippen LogP contribution in [0.3, 0.4) is 0 Å². The van der Waals surface area contributed by atoms with Gasteiger partial charge in [0.1, 0.15) is 0 Å². The van der Waals surface area contributed by atoms with Gasteiger partial charge in [-0.3, -0.25) is 4.98 Å². The van der Waals surface area contributed by atoms with E-state index in [0.717, 1.165) is 18.4 Å². The molecule has 4 heteroatoms. The minimum Gasteiger partial charge on any atom is -0.464 e. The van der Waals surface area contributed by atoms with E-state index in [0.29, 0.717) is 13.2 Å². The molecule has 0 aliphatic carbocycles. The van der Waals surface area contributed by atoms with E-state index in [-0.39, 0.29) is 5.97 Å². The van der Waals surface area contributed by atoms with E-state index in [1.54, 1.807) is 13.1 Å². The quantitative estimate of drug-likeness (QED) is 0.537. The van der Waals surface area contributed by atoms with Crippen molar-refractivity contribution in [2.24, 2.45) is 0 Å². The summed E-state index contributed by atoms with van der Waals surface area (Å²) in [5, 5.41) is 0. The maximum atomic E-state index is 11.4. The van der Waals surface area contributed by atoms with Gasteiger partial charge in [0.05, 0.1) is 6.61 Å². The molecule has 0 aliphatic rings. The van der Waals surface area contributed by atoms with Crippen molar-refractivity contribution >= 4 is 5.97 Å². The van der Waals surface area contributed by atoms with E-state index >= 15 is 0 Å². The van der Waals surface area contributed by atoms with Crippen molar-refractivity contribution in [1.82, 2.24) is 4.98 Å². The van der Waals surface area contributed by atoms with Gasteiger partial charge >= 0.3 is 5.97 Å². The second-order valence-electron chi connectivity index (χ2n) is 3.73. The molecule has 1 atom stereocenters. The van der Waals surface area contributed by atoms with Crippen LogP contribution in [0.2, 0.25) is 0 Å². The highest BCUT2D eigenvalue weighted by Crippen LogP contribution is 2.01. The first-order chi connectivity index (χ1) is 8.24. The molecule has 0 aliphatic heterocycles. The molecule has 0 fully saturated rings. The fourth-order valence-corrected chi connectivity index (χ4v) is 1.43. The zero-order chi connectivity index (χ0) is 12.5. The van der Waals surface area contributed by atoms with E-state index in [1.165, 1.54) is 0 Å². The Morgan fingerprint density at radius 2 is 2.35 bits per heavy atom. The predicted octanol–water partition coefficient (Wildman–Crippen LogP) is 1.98. The number of nitrogens with zero attached hydrogens (tertiary/aromatic N) is 1. The minimum absolute atomic E-state index is 0.293. The van der Waals surface area contributed by atoms with Gasteiger partial charge in [0.15, 0.2) is 6.10 Å². The van der Waals surface area contributed by atoms with Crippen LogP contribution in [0.1, 0.15) is 25.8 Å². The van der Waals surface area contributed by atoms with Gasteiger partial charge in [-0.15, -0.1) is 0 Å². The Morgan fingerprint density at radius 1 is 1.53 bits per heavy atom. The molecule has 0 saturated heterocycles. The summed E-state index contributed by atoms with van der Waals surface area (Å²) in [5.41, 5.74) is 1.15. The average Bonchev–Trinajstić information content (AvgIpc) is 2.36. The van der Waals surface area contributed by atoms with Gasteiger partial charge in [0, 0.05) is 19.0 Å². The predicted molar refractivity (Wildman–Crippen MR) is 64.6 cm³/mol. The lowest BCUT2D eigenvalue weighted by atomic mass is 10.2. The number of carbonyl (C=O) groups is 1. The topological polar surface area (TPSA) is 48.4 Å². The van der Waals surface area contributed by atoms with Crippen LogP contribution in [0.5, 0.6) is 0 Å². The summed E-state index contributed by atoms with van der Waals surface area (Å²) >= 11 is 0. The number of aromatic nitrogens is 1. The van der Waals surface area contributed by atoms with Gasteiger partial charge in [-0.2, -0.15) is 0 Å². The Kier molecular flexibility index (Phi) is 6.25. The van der Waals surface area contributed by atoms with Crippen LogP contribution in [-0.4, -0.2) is 30.3 Å². The SMILES string of the molecule is CCOC(C)C(=O)OCCCc1cccnc1. The first-order valence-electron chi connectivity index (χ1n) is 5.91. The number of hydrogen-bond donors (Lipinski definition) is 0. The van der Waals surface area contributed by atoms with Crippen LogP contribution >= 0.6 is 0 Å². The third-order valence-corrected chi connectivity index (χ3v) is 2.33. The number of rotatable bonds is 7. The molecular weight excluding hydrogens is 218 g/mol. The van der Waals surface area contributed by atoms with Crippen molar-refractivity contribution in [2.45, 2.75) is 32.8 Å². The van der Waals surface area contributed by atoms with Crippen LogP contribution in [0.25, 0.3) is 0 Å². The monoisotopic (exact) mass is 237 g/mol. The van der Waals surface area contributed by atoms with Gasteiger partial charge in [-0.25, -0.2) is 4.79 Å². The largest absolute Gasteiger partial charge is 0.464 e. The van der Waals surface area contributed by atoms with Crippen LogP contribution in [-0.2, 0) is 20.7 Å². The molecule has 0 bridgehead atoms. The van der Waals surface area contributed by atoms with Gasteiger partial charge in [-0.1, -0.05) is 6.07 Å². The highest BCUT2D eigenvalue weighted by Gasteiger charge is 2.13. The zero-order valence-corrected chi connectivity index (χ0v) is 10.4. The van der Waals surface area contributed by atoms with Gasteiger partial charge in [0.25, 0.3) is 0 Å². The van der Waals surface area contributed by atoms with E-state index in [9.17, 15) is 4.79 Å². The Bertz CT molecular complexity index is 327. The number of aryl methyl sites for hydroxylation is 1. The molecule has 0 aromatic carbocycles. The molecule has 0 saturated carbocycles. The van der Waals surface area contributed by atoms with Crippen molar-refractivity contribution in [2.75, 3.05) is 13.2 Å². The van der Waals surface area contributed by atoms with Gasteiger partial charge in [-0.05, 0) is 38.3 Å².